The Kier molecular flexibility index (Phi) is 4.97. The second kappa shape index (κ2) is 7.71. The lowest BCUT2D eigenvalue weighted by Crippen LogP contribution is -2.13. The third-order valence-corrected chi connectivity index (χ3v) is 6.66. The summed E-state index contributed by atoms with van der Waals surface area (Å²) in [6.45, 7) is 1.70. The third-order valence-electron chi connectivity index (χ3n) is 6.36. The van der Waals surface area contributed by atoms with E-state index in [1.165, 1.54) is 0 Å². The highest BCUT2D eigenvalue weighted by Gasteiger charge is 2.23. The van der Waals surface area contributed by atoms with Gasteiger partial charge < -0.3 is 18.5 Å². The largest absolute Gasteiger partial charge is 0.497 e. The van der Waals surface area contributed by atoms with E-state index in [-0.39, 0.29) is 18.0 Å². The number of aromatic nitrogens is 1. The lowest BCUT2D eigenvalue weighted by atomic mass is 10.1. The summed E-state index contributed by atoms with van der Waals surface area (Å²) in [5.41, 5.74) is 4.21. The quantitative estimate of drug-likeness (QED) is 0.315. The Morgan fingerprint density at radius 1 is 1.16 bits per heavy atom. The number of ketones is 1. The summed E-state index contributed by atoms with van der Waals surface area (Å²) in [6, 6.07) is 9.01. The summed E-state index contributed by atoms with van der Waals surface area (Å²) in [5.74, 6) is 0.815. The lowest BCUT2D eigenvalue weighted by molar-refractivity contribution is 0.0922. The van der Waals surface area contributed by atoms with Gasteiger partial charge in [-0.15, -0.1) is 0 Å². The Hall–Kier alpha value is -3.25. The molecule has 7 heteroatoms. The minimum atomic E-state index is -0.310. The van der Waals surface area contributed by atoms with Crippen LogP contribution in [0.3, 0.4) is 0 Å². The molecular formula is C25H22ClNO5. The molecule has 0 saturated heterocycles. The van der Waals surface area contributed by atoms with Crippen molar-refractivity contribution in [3.05, 3.63) is 68.2 Å². The maximum Gasteiger partial charge on any atom is 0.339 e. The van der Waals surface area contributed by atoms with Crippen LogP contribution in [0.15, 0.2) is 39.5 Å². The summed E-state index contributed by atoms with van der Waals surface area (Å²) < 4.78 is 18.6. The first-order valence-corrected chi connectivity index (χ1v) is 10.8. The molecule has 2 aromatic carbocycles. The maximum absolute atomic E-state index is 13.2. The number of aryl methyl sites for hydroxylation is 2. The van der Waals surface area contributed by atoms with Gasteiger partial charge in [0.1, 0.15) is 17.1 Å². The number of fused-ring (bicyclic) bond motifs is 4. The van der Waals surface area contributed by atoms with Crippen LogP contribution in [0, 0.1) is 6.92 Å². The molecule has 2 aromatic heterocycles. The number of benzene rings is 2. The van der Waals surface area contributed by atoms with Crippen molar-refractivity contribution in [2.24, 2.45) is 7.05 Å². The van der Waals surface area contributed by atoms with Crippen LogP contribution in [0.25, 0.3) is 21.9 Å². The molecule has 0 atom stereocenters. The van der Waals surface area contributed by atoms with E-state index in [4.69, 9.17) is 25.5 Å². The van der Waals surface area contributed by atoms with Gasteiger partial charge in [0.25, 0.3) is 0 Å². The van der Waals surface area contributed by atoms with Gasteiger partial charge in [-0.25, -0.2) is 4.79 Å². The monoisotopic (exact) mass is 451 g/mol. The van der Waals surface area contributed by atoms with E-state index in [2.05, 4.69) is 0 Å². The molecule has 0 radical (unpaired) electrons. The van der Waals surface area contributed by atoms with E-state index >= 15 is 0 Å². The second-order valence-corrected chi connectivity index (χ2v) is 8.50. The van der Waals surface area contributed by atoms with Crippen LogP contribution in [0.4, 0.5) is 0 Å². The summed E-state index contributed by atoms with van der Waals surface area (Å²) >= 11 is 6.47. The van der Waals surface area contributed by atoms with Crippen LogP contribution >= 0.6 is 11.6 Å². The van der Waals surface area contributed by atoms with Crippen molar-refractivity contribution in [3.8, 4) is 11.5 Å². The molecule has 0 aliphatic heterocycles. The number of ether oxygens (including phenoxy) is 2. The van der Waals surface area contributed by atoms with Crippen LogP contribution in [0.1, 0.15) is 33.6 Å². The van der Waals surface area contributed by atoms with Crippen molar-refractivity contribution in [1.29, 1.82) is 0 Å². The molecule has 0 amide bonds. The van der Waals surface area contributed by atoms with Gasteiger partial charge in [-0.05, 0) is 56.0 Å². The van der Waals surface area contributed by atoms with Gasteiger partial charge in [0.05, 0.1) is 12.1 Å². The van der Waals surface area contributed by atoms with Crippen molar-refractivity contribution in [2.45, 2.75) is 26.2 Å². The fourth-order valence-corrected chi connectivity index (χ4v) is 4.86. The molecule has 6 nitrogen and oxygen atoms in total. The molecule has 0 fully saturated rings. The number of nitrogens with zero attached hydrogens (tertiary/aromatic N) is 1. The minimum absolute atomic E-state index is 0.173. The zero-order valence-corrected chi connectivity index (χ0v) is 18.8. The fraction of sp³-hybridized carbons (Fsp3) is 0.280. The Bertz CT molecular complexity index is 1460. The van der Waals surface area contributed by atoms with Crippen molar-refractivity contribution in [3.63, 3.8) is 0 Å². The SMILES string of the molecule is COc1ccc2c(c1)c(C(=O)COc1cc3oc(=O)c4c(c3cc1Cl)CCC4)c(C)n2C. The fourth-order valence-electron chi connectivity index (χ4n) is 4.64. The van der Waals surface area contributed by atoms with Crippen LogP contribution in [-0.4, -0.2) is 24.1 Å². The van der Waals surface area contributed by atoms with Gasteiger partial charge >= 0.3 is 5.63 Å². The molecule has 0 N–H and O–H groups in total. The highest BCUT2D eigenvalue weighted by atomic mass is 35.5. The minimum Gasteiger partial charge on any atom is -0.497 e. The van der Waals surface area contributed by atoms with Crippen LogP contribution in [0.5, 0.6) is 11.5 Å². The number of carbonyl (C=O) groups is 1. The third kappa shape index (κ3) is 3.17. The normalized spacial score (nSPS) is 13.0. The maximum atomic E-state index is 13.2. The van der Waals surface area contributed by atoms with E-state index < -0.39 is 0 Å². The molecule has 164 valence electrons. The van der Waals surface area contributed by atoms with Gasteiger partial charge in [0.15, 0.2) is 6.61 Å². The molecule has 1 aliphatic rings. The van der Waals surface area contributed by atoms with E-state index in [1.807, 2.05) is 36.7 Å². The topological polar surface area (TPSA) is 70.7 Å². The Morgan fingerprint density at radius 3 is 2.72 bits per heavy atom. The number of hydrogen-bond acceptors (Lipinski definition) is 5. The molecular weight excluding hydrogens is 430 g/mol. The van der Waals surface area contributed by atoms with Gasteiger partial charge in [0, 0.05) is 46.2 Å². The zero-order chi connectivity index (χ0) is 22.6. The van der Waals surface area contributed by atoms with E-state index in [0.717, 1.165) is 52.4 Å². The molecule has 5 rings (SSSR count). The lowest BCUT2D eigenvalue weighted by Gasteiger charge is -2.11. The first kappa shape index (κ1) is 20.6. The molecule has 32 heavy (non-hydrogen) atoms. The number of Topliss-reactive ketones (excluding diaryl/α,β-unsaturated/α-hetero) is 1. The van der Waals surface area contributed by atoms with Crippen molar-refractivity contribution in [2.75, 3.05) is 13.7 Å². The molecule has 4 aromatic rings. The average Bonchev–Trinajstić information content (AvgIpc) is 3.37. The highest BCUT2D eigenvalue weighted by Crippen LogP contribution is 2.35. The summed E-state index contributed by atoms with van der Waals surface area (Å²) in [4.78, 5) is 25.4. The van der Waals surface area contributed by atoms with E-state index in [0.29, 0.717) is 27.7 Å². The van der Waals surface area contributed by atoms with Gasteiger partial charge in [0.2, 0.25) is 5.78 Å². The Balaban J connectivity index is 1.48. The molecule has 0 saturated carbocycles. The van der Waals surface area contributed by atoms with E-state index in [9.17, 15) is 9.59 Å². The molecule has 0 spiro atoms. The average molecular weight is 452 g/mol. The van der Waals surface area contributed by atoms with Crippen LogP contribution < -0.4 is 15.1 Å². The first-order valence-electron chi connectivity index (χ1n) is 10.5. The molecule has 0 bridgehead atoms. The highest BCUT2D eigenvalue weighted by molar-refractivity contribution is 6.32. The van der Waals surface area contributed by atoms with Gasteiger partial charge in [-0.1, -0.05) is 11.6 Å². The van der Waals surface area contributed by atoms with Crippen molar-refractivity contribution in [1.82, 2.24) is 4.57 Å². The van der Waals surface area contributed by atoms with Crippen LogP contribution in [-0.2, 0) is 19.9 Å². The summed E-state index contributed by atoms with van der Waals surface area (Å²) in [5, 5.41) is 2.02. The molecule has 1 aliphatic carbocycles. The second-order valence-electron chi connectivity index (χ2n) is 8.09. The first-order chi connectivity index (χ1) is 15.4. The summed E-state index contributed by atoms with van der Waals surface area (Å²) in [7, 11) is 3.51. The Morgan fingerprint density at radius 2 is 1.94 bits per heavy atom. The van der Waals surface area contributed by atoms with Gasteiger partial charge in [-0.3, -0.25) is 4.79 Å². The number of halogens is 1. The predicted molar refractivity (Wildman–Crippen MR) is 124 cm³/mol. The van der Waals surface area contributed by atoms with Crippen molar-refractivity contribution >= 4 is 39.3 Å². The number of methoxy groups -OCH3 is 1. The number of hydrogen-bond donors (Lipinski definition) is 0. The Labute approximate surface area is 189 Å². The number of rotatable bonds is 5. The zero-order valence-electron chi connectivity index (χ0n) is 18.1. The molecule has 0 unspecified atom stereocenters. The standard InChI is InChI=1S/C25H22ClNO5/c1-13-24(18-9-14(30-3)7-8-20(18)27(13)2)21(28)12-31-23-11-22-17(10-19(23)26)15-5-4-6-16(15)25(29)32-22/h7-11H,4-6,12H2,1-3H3. The summed E-state index contributed by atoms with van der Waals surface area (Å²) in [6.07, 6.45) is 2.49. The van der Waals surface area contributed by atoms with Gasteiger partial charge in [-0.2, -0.15) is 0 Å². The van der Waals surface area contributed by atoms with Crippen molar-refractivity contribution < 1.29 is 18.7 Å². The van der Waals surface area contributed by atoms with Crippen LogP contribution in [0.2, 0.25) is 5.02 Å². The van der Waals surface area contributed by atoms with E-state index in [1.54, 1.807) is 19.2 Å². The predicted octanol–water partition coefficient (Wildman–Crippen LogP) is 5.01. The smallest absolute Gasteiger partial charge is 0.339 e. The molecule has 2 heterocycles. The number of carbonyl (C=O) groups excluding carboxylic acids is 1.